The average molecular weight is 266 g/mol. The quantitative estimate of drug-likeness (QED) is 0.897. The molecule has 0 aliphatic rings. The SMILES string of the molecule is COc1ccc(NCC(C#N)c2ccccc2)cc1C. The molecule has 3 heteroatoms. The normalized spacial score (nSPS) is 11.4. The Morgan fingerprint density at radius 3 is 2.55 bits per heavy atom. The van der Waals surface area contributed by atoms with Crippen molar-refractivity contribution < 1.29 is 4.74 Å². The van der Waals surface area contributed by atoms with Crippen LogP contribution in [0.2, 0.25) is 0 Å². The van der Waals surface area contributed by atoms with E-state index in [9.17, 15) is 5.26 Å². The highest BCUT2D eigenvalue weighted by molar-refractivity contribution is 5.51. The Kier molecular flexibility index (Phi) is 4.62. The first-order valence-corrected chi connectivity index (χ1v) is 6.57. The number of ether oxygens (including phenoxy) is 1. The number of anilines is 1. The second-order valence-corrected chi connectivity index (χ2v) is 4.66. The number of hydrogen-bond donors (Lipinski definition) is 1. The number of aryl methyl sites for hydroxylation is 1. The van der Waals surface area contributed by atoms with E-state index in [0.717, 1.165) is 22.6 Å². The Hall–Kier alpha value is -2.47. The van der Waals surface area contributed by atoms with Gasteiger partial charge in [0.25, 0.3) is 0 Å². The van der Waals surface area contributed by atoms with E-state index in [1.807, 2.05) is 55.5 Å². The molecule has 20 heavy (non-hydrogen) atoms. The summed E-state index contributed by atoms with van der Waals surface area (Å²) in [7, 11) is 1.66. The van der Waals surface area contributed by atoms with E-state index in [1.165, 1.54) is 0 Å². The highest BCUT2D eigenvalue weighted by Crippen LogP contribution is 2.22. The number of nitrogens with zero attached hydrogens (tertiary/aromatic N) is 1. The summed E-state index contributed by atoms with van der Waals surface area (Å²) in [6.07, 6.45) is 0. The largest absolute Gasteiger partial charge is 0.496 e. The molecule has 2 aromatic carbocycles. The van der Waals surface area contributed by atoms with Crippen LogP contribution in [0.3, 0.4) is 0 Å². The van der Waals surface area contributed by atoms with Gasteiger partial charge in [0.2, 0.25) is 0 Å². The minimum atomic E-state index is -0.154. The lowest BCUT2D eigenvalue weighted by Crippen LogP contribution is -2.11. The third-order valence-electron chi connectivity index (χ3n) is 3.26. The molecular weight excluding hydrogens is 248 g/mol. The zero-order valence-corrected chi connectivity index (χ0v) is 11.8. The second kappa shape index (κ2) is 6.63. The van der Waals surface area contributed by atoms with Gasteiger partial charge in [-0.25, -0.2) is 0 Å². The van der Waals surface area contributed by atoms with Crippen molar-refractivity contribution in [3.8, 4) is 11.8 Å². The van der Waals surface area contributed by atoms with E-state index >= 15 is 0 Å². The molecule has 0 saturated heterocycles. The molecule has 3 nitrogen and oxygen atoms in total. The van der Waals surface area contributed by atoms with Crippen LogP contribution in [0, 0.1) is 18.3 Å². The minimum Gasteiger partial charge on any atom is -0.496 e. The Bertz CT molecular complexity index is 602. The zero-order valence-electron chi connectivity index (χ0n) is 11.8. The number of hydrogen-bond acceptors (Lipinski definition) is 3. The van der Waals surface area contributed by atoms with E-state index in [4.69, 9.17) is 4.74 Å². The monoisotopic (exact) mass is 266 g/mol. The Balaban J connectivity index is 2.04. The number of methoxy groups -OCH3 is 1. The lowest BCUT2D eigenvalue weighted by Gasteiger charge is -2.13. The first-order chi connectivity index (χ1) is 9.74. The van der Waals surface area contributed by atoms with Gasteiger partial charge in [-0.05, 0) is 36.2 Å². The summed E-state index contributed by atoms with van der Waals surface area (Å²) in [5.41, 5.74) is 3.11. The maximum absolute atomic E-state index is 9.28. The molecule has 0 saturated carbocycles. The van der Waals surface area contributed by atoms with Crippen LogP contribution in [0.25, 0.3) is 0 Å². The lowest BCUT2D eigenvalue weighted by molar-refractivity contribution is 0.412. The maximum atomic E-state index is 9.28. The second-order valence-electron chi connectivity index (χ2n) is 4.66. The number of nitrogens with one attached hydrogen (secondary N) is 1. The van der Waals surface area contributed by atoms with Crippen LogP contribution < -0.4 is 10.1 Å². The smallest absolute Gasteiger partial charge is 0.121 e. The summed E-state index contributed by atoms with van der Waals surface area (Å²) in [5.74, 6) is 0.717. The van der Waals surface area contributed by atoms with Crippen LogP contribution in [0.15, 0.2) is 48.5 Å². The number of benzene rings is 2. The highest BCUT2D eigenvalue weighted by atomic mass is 16.5. The molecule has 0 heterocycles. The first-order valence-electron chi connectivity index (χ1n) is 6.57. The van der Waals surface area contributed by atoms with E-state index in [2.05, 4.69) is 11.4 Å². The summed E-state index contributed by atoms with van der Waals surface area (Å²) in [4.78, 5) is 0. The summed E-state index contributed by atoms with van der Waals surface area (Å²) < 4.78 is 5.24. The topological polar surface area (TPSA) is 45.0 Å². The highest BCUT2D eigenvalue weighted by Gasteiger charge is 2.10. The zero-order chi connectivity index (χ0) is 14.4. The van der Waals surface area contributed by atoms with E-state index < -0.39 is 0 Å². The molecule has 1 atom stereocenters. The Morgan fingerprint density at radius 2 is 1.95 bits per heavy atom. The van der Waals surface area contributed by atoms with Crippen molar-refractivity contribution in [3.05, 3.63) is 59.7 Å². The van der Waals surface area contributed by atoms with Gasteiger partial charge in [-0.1, -0.05) is 30.3 Å². The van der Waals surface area contributed by atoms with Gasteiger partial charge in [0.05, 0.1) is 19.1 Å². The molecule has 0 amide bonds. The molecule has 0 fully saturated rings. The van der Waals surface area contributed by atoms with Gasteiger partial charge in [-0.15, -0.1) is 0 Å². The van der Waals surface area contributed by atoms with Gasteiger partial charge in [0.1, 0.15) is 5.75 Å². The molecule has 1 N–H and O–H groups in total. The summed E-state index contributed by atoms with van der Waals surface area (Å²) >= 11 is 0. The van der Waals surface area contributed by atoms with Crippen LogP contribution in [0.1, 0.15) is 17.0 Å². The van der Waals surface area contributed by atoms with Crippen molar-refractivity contribution in [2.24, 2.45) is 0 Å². The predicted molar refractivity (Wildman–Crippen MR) is 81.0 cm³/mol. The van der Waals surface area contributed by atoms with E-state index in [0.29, 0.717) is 6.54 Å². The Labute approximate surface area is 119 Å². The van der Waals surface area contributed by atoms with E-state index in [-0.39, 0.29) is 5.92 Å². The molecule has 0 aliphatic carbocycles. The fourth-order valence-corrected chi connectivity index (χ4v) is 2.13. The van der Waals surface area contributed by atoms with Crippen molar-refractivity contribution in [1.29, 1.82) is 5.26 Å². The fraction of sp³-hybridized carbons (Fsp3) is 0.235. The molecule has 0 radical (unpaired) electrons. The predicted octanol–water partition coefficient (Wildman–Crippen LogP) is 3.72. The van der Waals surface area contributed by atoms with Crippen molar-refractivity contribution in [2.75, 3.05) is 19.0 Å². The standard InChI is InChI=1S/C17H18N2O/c1-13-10-16(8-9-17(13)20-2)19-12-15(11-18)14-6-4-3-5-7-14/h3-10,15,19H,12H2,1-2H3. The summed E-state index contributed by atoms with van der Waals surface area (Å²) in [5, 5.41) is 12.6. The molecule has 0 aromatic heterocycles. The molecule has 1 unspecified atom stereocenters. The molecule has 2 aromatic rings. The number of rotatable bonds is 5. The van der Waals surface area contributed by atoms with Gasteiger partial charge in [0, 0.05) is 12.2 Å². The van der Waals surface area contributed by atoms with Crippen LogP contribution in [-0.2, 0) is 0 Å². The molecule has 0 bridgehead atoms. The lowest BCUT2D eigenvalue weighted by atomic mass is 10.0. The van der Waals surface area contributed by atoms with Gasteiger partial charge >= 0.3 is 0 Å². The summed E-state index contributed by atoms with van der Waals surface area (Å²) in [6.45, 7) is 2.59. The molecular formula is C17H18N2O. The third-order valence-corrected chi connectivity index (χ3v) is 3.26. The third kappa shape index (κ3) is 3.30. The molecule has 2 rings (SSSR count). The van der Waals surface area contributed by atoms with Crippen molar-refractivity contribution in [2.45, 2.75) is 12.8 Å². The fourth-order valence-electron chi connectivity index (χ4n) is 2.13. The van der Waals surface area contributed by atoms with Gasteiger partial charge in [0.15, 0.2) is 0 Å². The first kappa shape index (κ1) is 14.0. The number of nitriles is 1. The van der Waals surface area contributed by atoms with Crippen LogP contribution in [0.4, 0.5) is 5.69 Å². The molecule has 0 aliphatic heterocycles. The van der Waals surface area contributed by atoms with Gasteiger partial charge in [-0.3, -0.25) is 0 Å². The van der Waals surface area contributed by atoms with Crippen molar-refractivity contribution in [1.82, 2.24) is 0 Å². The van der Waals surface area contributed by atoms with Crippen LogP contribution in [0.5, 0.6) is 5.75 Å². The van der Waals surface area contributed by atoms with Crippen LogP contribution >= 0.6 is 0 Å². The average Bonchev–Trinajstić information content (AvgIpc) is 2.49. The van der Waals surface area contributed by atoms with Crippen LogP contribution in [-0.4, -0.2) is 13.7 Å². The van der Waals surface area contributed by atoms with Gasteiger partial charge in [-0.2, -0.15) is 5.26 Å². The van der Waals surface area contributed by atoms with E-state index in [1.54, 1.807) is 7.11 Å². The van der Waals surface area contributed by atoms with Gasteiger partial charge < -0.3 is 10.1 Å². The summed E-state index contributed by atoms with van der Waals surface area (Å²) in [6, 6.07) is 18.1. The van der Waals surface area contributed by atoms with Crippen molar-refractivity contribution in [3.63, 3.8) is 0 Å². The molecule has 0 spiro atoms. The Morgan fingerprint density at radius 1 is 1.20 bits per heavy atom. The minimum absolute atomic E-state index is 0.154. The molecule has 102 valence electrons. The maximum Gasteiger partial charge on any atom is 0.121 e. The van der Waals surface area contributed by atoms with Crippen molar-refractivity contribution >= 4 is 5.69 Å².